The summed E-state index contributed by atoms with van der Waals surface area (Å²) in [4.78, 5) is 54.8. The Hall–Kier alpha value is -0.360. The van der Waals surface area contributed by atoms with Crippen LogP contribution in [0.3, 0.4) is 0 Å². The average Bonchev–Trinajstić information content (AvgIpc) is 1.97. The van der Waals surface area contributed by atoms with E-state index < -0.39 is 32.2 Å². The van der Waals surface area contributed by atoms with Gasteiger partial charge in [0.2, 0.25) is 0 Å². The summed E-state index contributed by atoms with van der Waals surface area (Å²) >= 11 is 0. The Labute approximate surface area is 78.3 Å². The van der Waals surface area contributed by atoms with Crippen molar-refractivity contribution in [3.8, 4) is 0 Å². The van der Waals surface area contributed by atoms with E-state index in [0.717, 1.165) is 6.92 Å². The summed E-state index contributed by atoms with van der Waals surface area (Å²) in [7, 11) is -10.3. The smallest absolute Gasteiger partial charge is 0.319 e. The summed E-state index contributed by atoms with van der Waals surface area (Å²) < 4.78 is 20.7. The molecular weight excluding hydrogens is 238 g/mol. The van der Waals surface area contributed by atoms with E-state index >= 15 is 0 Å². The van der Waals surface area contributed by atoms with Crippen molar-refractivity contribution in [1.29, 1.82) is 0 Å². The maximum atomic E-state index is 10.7. The maximum absolute atomic E-state index is 10.7. The van der Waals surface area contributed by atoms with E-state index in [9.17, 15) is 18.7 Å². The Morgan fingerprint density at radius 2 is 1.14 bits per heavy atom. The lowest BCUT2D eigenvalue weighted by atomic mass is 10.2. The Bertz CT molecular complexity index is 312. The standard InChI is InChI=1S/C4H8O8P2/c1-2(3(5)13(7,8)9)4(6)14(10,11)12/h2H,1H3,(H2,7,8,9)(H2,10,11,12). The monoisotopic (exact) mass is 246 g/mol. The molecule has 14 heavy (non-hydrogen) atoms. The normalized spacial score (nSPS) is 13.0. The van der Waals surface area contributed by atoms with Crippen molar-refractivity contribution >= 4 is 26.2 Å². The van der Waals surface area contributed by atoms with Crippen molar-refractivity contribution in [2.45, 2.75) is 6.92 Å². The molecule has 10 heteroatoms. The van der Waals surface area contributed by atoms with Crippen LogP contribution in [0.15, 0.2) is 0 Å². The highest BCUT2D eigenvalue weighted by Crippen LogP contribution is 2.45. The summed E-state index contributed by atoms with van der Waals surface area (Å²) in [6, 6.07) is 0. The molecule has 0 atom stereocenters. The summed E-state index contributed by atoms with van der Waals surface area (Å²) in [6.45, 7) is 0.725. The van der Waals surface area contributed by atoms with Gasteiger partial charge in [0, 0.05) is 0 Å². The minimum Gasteiger partial charge on any atom is -0.319 e. The largest absolute Gasteiger partial charge is 0.392 e. The molecule has 0 aromatic heterocycles. The molecule has 0 aliphatic carbocycles. The van der Waals surface area contributed by atoms with Crippen LogP contribution in [0.2, 0.25) is 0 Å². The molecule has 0 rings (SSSR count). The Morgan fingerprint density at radius 3 is 1.29 bits per heavy atom. The van der Waals surface area contributed by atoms with Gasteiger partial charge in [0.15, 0.2) is 0 Å². The third-order valence-corrected chi connectivity index (χ3v) is 3.24. The van der Waals surface area contributed by atoms with E-state index in [1.54, 1.807) is 0 Å². The highest BCUT2D eigenvalue weighted by Gasteiger charge is 2.41. The fraction of sp³-hybridized carbons (Fsp3) is 0.500. The maximum Gasteiger partial charge on any atom is 0.392 e. The van der Waals surface area contributed by atoms with Crippen LogP contribution in [-0.4, -0.2) is 30.6 Å². The van der Waals surface area contributed by atoms with Crippen LogP contribution in [0.25, 0.3) is 0 Å². The first kappa shape index (κ1) is 13.6. The van der Waals surface area contributed by atoms with Gasteiger partial charge in [-0.05, 0) is 6.92 Å². The van der Waals surface area contributed by atoms with Crippen LogP contribution in [0.5, 0.6) is 0 Å². The second-order valence-electron chi connectivity index (χ2n) is 2.49. The highest BCUT2D eigenvalue weighted by molar-refractivity contribution is 7.73. The van der Waals surface area contributed by atoms with E-state index in [2.05, 4.69) is 0 Å². The molecule has 0 spiro atoms. The van der Waals surface area contributed by atoms with E-state index in [0.29, 0.717) is 0 Å². The first-order chi connectivity index (χ1) is 5.98. The van der Waals surface area contributed by atoms with Crippen molar-refractivity contribution < 1.29 is 38.3 Å². The molecule has 0 unspecified atom stereocenters. The molecule has 82 valence electrons. The minimum absolute atomic E-state index is 0.725. The van der Waals surface area contributed by atoms with Gasteiger partial charge in [0.1, 0.15) is 0 Å². The molecule has 0 bridgehead atoms. The molecule has 0 heterocycles. The summed E-state index contributed by atoms with van der Waals surface area (Å²) in [5.41, 5.74) is -3.60. The summed E-state index contributed by atoms with van der Waals surface area (Å²) in [5.74, 6) is -2.02. The van der Waals surface area contributed by atoms with Crippen molar-refractivity contribution in [3.63, 3.8) is 0 Å². The van der Waals surface area contributed by atoms with Gasteiger partial charge in [0.05, 0.1) is 5.92 Å². The molecule has 0 aliphatic rings. The van der Waals surface area contributed by atoms with Crippen LogP contribution >= 0.6 is 15.2 Å². The molecule has 0 amide bonds. The van der Waals surface area contributed by atoms with E-state index in [1.165, 1.54) is 0 Å². The topological polar surface area (TPSA) is 149 Å². The zero-order valence-corrected chi connectivity index (χ0v) is 8.68. The van der Waals surface area contributed by atoms with Gasteiger partial charge in [-0.15, -0.1) is 0 Å². The van der Waals surface area contributed by atoms with E-state index in [-0.39, 0.29) is 0 Å². The molecule has 0 fully saturated rings. The average molecular weight is 246 g/mol. The number of rotatable bonds is 4. The van der Waals surface area contributed by atoms with Gasteiger partial charge in [-0.25, -0.2) is 0 Å². The SMILES string of the molecule is CC(C(=O)P(=O)(O)O)C(=O)P(=O)(O)O. The molecule has 0 radical (unpaired) electrons. The molecular formula is C4H8O8P2. The fourth-order valence-corrected chi connectivity index (χ4v) is 1.96. The zero-order valence-electron chi connectivity index (χ0n) is 6.89. The Kier molecular flexibility index (Phi) is 3.92. The lowest BCUT2D eigenvalue weighted by molar-refractivity contribution is -0.125. The number of hydrogen-bond acceptors (Lipinski definition) is 4. The lowest BCUT2D eigenvalue weighted by Gasteiger charge is -2.10. The quantitative estimate of drug-likeness (QED) is 0.365. The second-order valence-corrected chi connectivity index (χ2v) is 5.54. The summed E-state index contributed by atoms with van der Waals surface area (Å²) in [6.07, 6.45) is 0. The molecule has 0 saturated carbocycles. The lowest BCUT2D eigenvalue weighted by Crippen LogP contribution is -2.20. The van der Waals surface area contributed by atoms with E-state index in [1.807, 2.05) is 0 Å². The molecule has 4 N–H and O–H groups in total. The second kappa shape index (κ2) is 4.02. The van der Waals surface area contributed by atoms with Crippen molar-refractivity contribution in [2.75, 3.05) is 0 Å². The molecule has 0 saturated heterocycles. The number of carbonyl (C=O) groups is 2. The van der Waals surface area contributed by atoms with Crippen LogP contribution in [0, 0.1) is 5.92 Å². The Balaban J connectivity index is 4.93. The van der Waals surface area contributed by atoms with Gasteiger partial charge in [-0.1, -0.05) is 0 Å². The number of hydrogen-bond donors (Lipinski definition) is 4. The van der Waals surface area contributed by atoms with Gasteiger partial charge < -0.3 is 19.6 Å². The van der Waals surface area contributed by atoms with Crippen LogP contribution in [-0.2, 0) is 18.7 Å². The Morgan fingerprint density at radius 1 is 0.929 bits per heavy atom. The van der Waals surface area contributed by atoms with Crippen LogP contribution in [0.1, 0.15) is 6.92 Å². The fourth-order valence-electron chi connectivity index (χ4n) is 0.610. The first-order valence-electron chi connectivity index (χ1n) is 3.18. The third-order valence-electron chi connectivity index (χ3n) is 1.32. The van der Waals surface area contributed by atoms with E-state index in [4.69, 9.17) is 19.6 Å². The third kappa shape index (κ3) is 3.42. The van der Waals surface area contributed by atoms with Gasteiger partial charge in [0.25, 0.3) is 11.0 Å². The molecule has 0 aromatic rings. The van der Waals surface area contributed by atoms with Gasteiger partial charge in [-0.3, -0.25) is 18.7 Å². The van der Waals surface area contributed by atoms with Gasteiger partial charge in [-0.2, -0.15) is 0 Å². The highest BCUT2D eigenvalue weighted by atomic mass is 31.2. The summed E-state index contributed by atoms with van der Waals surface area (Å²) in [5, 5.41) is 0. The zero-order chi connectivity index (χ0) is 11.7. The number of carbonyl (C=O) groups excluding carboxylic acids is 2. The van der Waals surface area contributed by atoms with Crippen molar-refractivity contribution in [1.82, 2.24) is 0 Å². The minimum atomic E-state index is -5.14. The predicted molar refractivity (Wildman–Crippen MR) is 43.3 cm³/mol. The molecule has 0 aromatic carbocycles. The van der Waals surface area contributed by atoms with Crippen LogP contribution < -0.4 is 0 Å². The molecule has 0 aliphatic heterocycles. The van der Waals surface area contributed by atoms with Crippen LogP contribution in [0.4, 0.5) is 0 Å². The first-order valence-corrected chi connectivity index (χ1v) is 6.40. The van der Waals surface area contributed by atoms with Crippen molar-refractivity contribution in [2.24, 2.45) is 5.92 Å². The predicted octanol–water partition coefficient (Wildman–Crippen LogP) is -0.969. The van der Waals surface area contributed by atoms with Gasteiger partial charge >= 0.3 is 15.2 Å². The van der Waals surface area contributed by atoms with Crippen molar-refractivity contribution in [3.05, 3.63) is 0 Å². The molecule has 8 nitrogen and oxygen atoms in total.